The van der Waals surface area contributed by atoms with Gasteiger partial charge in [-0.1, -0.05) is 55.8 Å². The van der Waals surface area contributed by atoms with Gasteiger partial charge in [-0.15, -0.1) is 0 Å². The summed E-state index contributed by atoms with van der Waals surface area (Å²) in [4.78, 5) is 28.4. The largest absolute Gasteiger partial charge is 0.478 e. The third kappa shape index (κ3) is 6.39. The van der Waals surface area contributed by atoms with E-state index in [-0.39, 0.29) is 41.6 Å². The standard InChI is InChI=1S/C26H29ClFN3O4S/c1-15(2)10-18(14-36)24(32)29-12-22-23(27)30-26(35-3)31(22)13-17-9-8-16(11-21(17)28)19-6-4-5-7-20(19)25(33)34/h4-9,11,15,18,36H,10,12-14H2,1-3H3,(H,29,32)(H,33,34). The first-order chi connectivity index (χ1) is 17.2. The van der Waals surface area contributed by atoms with Gasteiger partial charge in [-0.25, -0.2) is 9.18 Å². The molecule has 3 aromatic rings. The summed E-state index contributed by atoms with van der Waals surface area (Å²) in [6, 6.07) is 11.1. The minimum Gasteiger partial charge on any atom is -0.478 e. The predicted octanol–water partition coefficient (Wildman–Crippen LogP) is 5.31. The molecule has 1 atom stereocenters. The van der Waals surface area contributed by atoms with Crippen molar-refractivity contribution in [2.75, 3.05) is 12.9 Å². The van der Waals surface area contributed by atoms with Crippen molar-refractivity contribution in [3.05, 3.63) is 70.3 Å². The molecule has 0 saturated carbocycles. The average molecular weight is 534 g/mol. The van der Waals surface area contributed by atoms with Gasteiger partial charge in [0.15, 0.2) is 5.15 Å². The van der Waals surface area contributed by atoms with Crippen molar-refractivity contribution in [3.8, 4) is 17.1 Å². The van der Waals surface area contributed by atoms with Gasteiger partial charge < -0.3 is 15.2 Å². The Morgan fingerprint density at radius 2 is 1.97 bits per heavy atom. The van der Waals surface area contributed by atoms with E-state index in [0.717, 1.165) is 0 Å². The molecule has 10 heteroatoms. The molecule has 3 rings (SSSR count). The fraction of sp³-hybridized carbons (Fsp3) is 0.346. The Hall–Kier alpha value is -3.04. The Bertz CT molecular complexity index is 1250. The molecule has 2 N–H and O–H groups in total. The molecule has 2 aromatic carbocycles. The zero-order chi connectivity index (χ0) is 26.4. The van der Waals surface area contributed by atoms with Crippen LogP contribution in [0.3, 0.4) is 0 Å². The van der Waals surface area contributed by atoms with Gasteiger partial charge in [-0.2, -0.15) is 17.6 Å². The van der Waals surface area contributed by atoms with Gasteiger partial charge in [-0.3, -0.25) is 9.36 Å². The Morgan fingerprint density at radius 1 is 1.25 bits per heavy atom. The SMILES string of the molecule is COc1nc(Cl)c(CNC(=O)C(CS)CC(C)C)n1Cc1ccc(-c2ccccc2C(=O)O)cc1F. The van der Waals surface area contributed by atoms with Gasteiger partial charge in [0.05, 0.1) is 31.5 Å². The fourth-order valence-corrected chi connectivity index (χ4v) is 4.56. The molecule has 0 spiro atoms. The molecule has 0 radical (unpaired) electrons. The monoisotopic (exact) mass is 533 g/mol. The average Bonchev–Trinajstić information content (AvgIpc) is 3.15. The maximum atomic E-state index is 15.2. The molecule has 0 bridgehead atoms. The van der Waals surface area contributed by atoms with Crippen LogP contribution in [0.1, 0.15) is 41.9 Å². The number of ether oxygens (including phenoxy) is 1. The molecule has 1 aromatic heterocycles. The summed E-state index contributed by atoms with van der Waals surface area (Å²) < 4.78 is 22.1. The van der Waals surface area contributed by atoms with E-state index in [4.69, 9.17) is 16.3 Å². The van der Waals surface area contributed by atoms with E-state index in [1.54, 1.807) is 34.9 Å². The smallest absolute Gasteiger partial charge is 0.336 e. The summed E-state index contributed by atoms with van der Waals surface area (Å²) >= 11 is 10.6. The van der Waals surface area contributed by atoms with Crippen LogP contribution in [0, 0.1) is 17.7 Å². The van der Waals surface area contributed by atoms with E-state index in [9.17, 15) is 14.7 Å². The lowest BCUT2D eigenvalue weighted by molar-refractivity contribution is -0.124. The lowest BCUT2D eigenvalue weighted by Crippen LogP contribution is -2.33. The number of carbonyl (C=O) groups is 2. The molecule has 0 aliphatic rings. The fourth-order valence-electron chi connectivity index (χ4n) is 4.01. The lowest BCUT2D eigenvalue weighted by atomic mass is 9.98. The zero-order valence-electron chi connectivity index (χ0n) is 20.3. The highest BCUT2D eigenvalue weighted by atomic mass is 35.5. The molecule has 36 heavy (non-hydrogen) atoms. The first kappa shape index (κ1) is 27.5. The van der Waals surface area contributed by atoms with E-state index in [1.165, 1.54) is 19.2 Å². The Kier molecular flexibility index (Phi) is 9.39. The third-order valence-corrected chi connectivity index (χ3v) is 6.54. The molecular formula is C26H29ClFN3O4S. The number of amides is 1. The summed E-state index contributed by atoms with van der Waals surface area (Å²) in [5.41, 5.74) is 1.74. The number of imidazole rings is 1. The number of nitrogens with zero attached hydrogens (tertiary/aromatic N) is 2. The maximum absolute atomic E-state index is 15.2. The molecular weight excluding hydrogens is 505 g/mol. The first-order valence-electron chi connectivity index (χ1n) is 11.4. The van der Waals surface area contributed by atoms with Crippen molar-refractivity contribution in [1.82, 2.24) is 14.9 Å². The minimum absolute atomic E-state index is 0.0444. The number of hydrogen-bond acceptors (Lipinski definition) is 5. The molecule has 0 fully saturated rings. The number of methoxy groups -OCH3 is 1. The van der Waals surface area contributed by atoms with E-state index in [1.807, 2.05) is 13.8 Å². The second-order valence-electron chi connectivity index (χ2n) is 8.81. The minimum atomic E-state index is -1.09. The number of hydrogen-bond donors (Lipinski definition) is 3. The number of carbonyl (C=O) groups excluding carboxylic acids is 1. The van der Waals surface area contributed by atoms with Crippen LogP contribution in [-0.2, 0) is 17.9 Å². The number of nitrogens with one attached hydrogen (secondary N) is 1. The van der Waals surface area contributed by atoms with Gasteiger partial charge in [0.25, 0.3) is 6.01 Å². The van der Waals surface area contributed by atoms with Crippen LogP contribution in [0.25, 0.3) is 11.1 Å². The predicted molar refractivity (Wildman–Crippen MR) is 140 cm³/mol. The molecule has 1 unspecified atom stereocenters. The number of thiol groups is 1. The highest BCUT2D eigenvalue weighted by Crippen LogP contribution is 2.28. The van der Waals surface area contributed by atoms with Crippen LogP contribution in [0.4, 0.5) is 4.39 Å². The number of halogens is 2. The van der Waals surface area contributed by atoms with Crippen molar-refractivity contribution in [3.63, 3.8) is 0 Å². The molecule has 1 amide bonds. The number of carboxylic acids is 1. The number of aromatic carboxylic acids is 1. The second-order valence-corrected chi connectivity index (χ2v) is 9.53. The Balaban J connectivity index is 1.86. The highest BCUT2D eigenvalue weighted by molar-refractivity contribution is 7.80. The van der Waals surface area contributed by atoms with Crippen molar-refractivity contribution < 1.29 is 23.8 Å². The van der Waals surface area contributed by atoms with Crippen molar-refractivity contribution in [1.29, 1.82) is 0 Å². The molecule has 0 saturated heterocycles. The van der Waals surface area contributed by atoms with Crippen LogP contribution in [0.2, 0.25) is 5.15 Å². The van der Waals surface area contributed by atoms with Gasteiger partial charge in [0.2, 0.25) is 5.91 Å². The lowest BCUT2D eigenvalue weighted by Gasteiger charge is -2.17. The van der Waals surface area contributed by atoms with E-state index in [2.05, 4.69) is 22.9 Å². The van der Waals surface area contributed by atoms with Crippen LogP contribution in [-0.4, -0.2) is 39.4 Å². The Morgan fingerprint density at radius 3 is 2.58 bits per heavy atom. The van der Waals surface area contributed by atoms with Gasteiger partial charge in [0, 0.05) is 17.2 Å². The van der Waals surface area contributed by atoms with Crippen molar-refractivity contribution in [2.45, 2.75) is 33.4 Å². The number of rotatable bonds is 11. The topological polar surface area (TPSA) is 93.5 Å². The number of benzene rings is 2. The van der Waals surface area contributed by atoms with Crippen LogP contribution in [0.5, 0.6) is 6.01 Å². The molecule has 1 heterocycles. The molecule has 0 aliphatic carbocycles. The summed E-state index contributed by atoms with van der Waals surface area (Å²) in [5, 5.41) is 12.5. The highest BCUT2D eigenvalue weighted by Gasteiger charge is 2.22. The number of carboxylic acid groups (broad SMARTS) is 1. The van der Waals surface area contributed by atoms with E-state index in [0.29, 0.717) is 40.5 Å². The van der Waals surface area contributed by atoms with Gasteiger partial charge in [0.1, 0.15) is 5.82 Å². The van der Waals surface area contributed by atoms with E-state index < -0.39 is 11.8 Å². The van der Waals surface area contributed by atoms with Crippen LogP contribution < -0.4 is 10.1 Å². The maximum Gasteiger partial charge on any atom is 0.336 e. The summed E-state index contributed by atoms with van der Waals surface area (Å²) in [7, 11) is 1.43. The van der Waals surface area contributed by atoms with Crippen molar-refractivity contribution >= 4 is 36.1 Å². The van der Waals surface area contributed by atoms with Crippen molar-refractivity contribution in [2.24, 2.45) is 11.8 Å². The van der Waals surface area contributed by atoms with Crippen LogP contribution in [0.15, 0.2) is 42.5 Å². The molecule has 192 valence electrons. The van der Waals surface area contributed by atoms with Gasteiger partial charge in [-0.05, 0) is 35.6 Å². The molecule has 0 aliphatic heterocycles. The second kappa shape index (κ2) is 12.3. The third-order valence-electron chi connectivity index (χ3n) is 5.80. The molecule has 7 nitrogen and oxygen atoms in total. The number of aromatic nitrogens is 2. The normalized spacial score (nSPS) is 12.0. The zero-order valence-corrected chi connectivity index (χ0v) is 21.9. The Labute approximate surface area is 220 Å². The summed E-state index contributed by atoms with van der Waals surface area (Å²) in [6.07, 6.45) is 0.703. The quantitative estimate of drug-likeness (QED) is 0.291. The van der Waals surface area contributed by atoms with Crippen LogP contribution >= 0.6 is 24.2 Å². The summed E-state index contributed by atoms with van der Waals surface area (Å²) in [5.74, 6) is -1.24. The summed E-state index contributed by atoms with van der Waals surface area (Å²) in [6.45, 7) is 4.21. The first-order valence-corrected chi connectivity index (χ1v) is 12.5. The van der Waals surface area contributed by atoms with Gasteiger partial charge >= 0.3 is 5.97 Å². The van der Waals surface area contributed by atoms with E-state index >= 15 is 4.39 Å².